The zero-order valence-corrected chi connectivity index (χ0v) is 18.8. The van der Waals surface area contributed by atoms with Crippen LogP contribution in [-0.4, -0.2) is 35.8 Å². The molecular formula is C24H23ClN4O3. The zero-order valence-electron chi connectivity index (χ0n) is 18.0. The Balaban J connectivity index is 2.01. The van der Waals surface area contributed by atoms with Gasteiger partial charge in [0.05, 0.1) is 17.8 Å². The largest absolute Gasteiger partial charge is 0.487 e. The van der Waals surface area contributed by atoms with Crippen molar-refractivity contribution in [1.29, 1.82) is 0 Å². The summed E-state index contributed by atoms with van der Waals surface area (Å²) in [6.45, 7) is 2.07. The molecule has 7 nitrogen and oxygen atoms in total. The lowest BCUT2D eigenvalue weighted by Crippen LogP contribution is -2.04. The minimum absolute atomic E-state index is 0.156. The van der Waals surface area contributed by atoms with E-state index in [1.807, 2.05) is 31.2 Å². The number of rotatable bonds is 7. The van der Waals surface area contributed by atoms with Gasteiger partial charge in [-0.25, -0.2) is 9.78 Å². The number of benzene rings is 1. The average molecular weight is 451 g/mol. The number of pyridine rings is 2. The number of fused-ring (bicyclic) bond motifs is 1. The van der Waals surface area contributed by atoms with Crippen LogP contribution in [0.15, 0.2) is 60.0 Å². The zero-order chi connectivity index (χ0) is 23.1. The number of carbonyl (C=O) groups is 1. The van der Waals surface area contributed by atoms with E-state index in [-0.39, 0.29) is 6.61 Å². The molecule has 0 bridgehead atoms. The van der Waals surface area contributed by atoms with E-state index in [1.165, 1.54) is 25.6 Å². The van der Waals surface area contributed by atoms with Crippen molar-refractivity contribution in [1.82, 2.24) is 9.97 Å². The lowest BCUT2D eigenvalue weighted by molar-refractivity contribution is -0.134. The van der Waals surface area contributed by atoms with Crippen LogP contribution in [0, 0.1) is 6.92 Å². The second kappa shape index (κ2) is 10.5. The number of aliphatic imine (C=N–C) groups is 1. The van der Waals surface area contributed by atoms with Gasteiger partial charge in [-0.2, -0.15) is 0 Å². The van der Waals surface area contributed by atoms with E-state index < -0.39 is 5.97 Å². The number of hydrogen-bond acceptors (Lipinski definition) is 7. The first-order valence-electron chi connectivity index (χ1n) is 9.75. The van der Waals surface area contributed by atoms with Crippen LogP contribution < -0.4 is 10.5 Å². The number of para-hydroxylation sites is 1. The molecule has 0 aliphatic carbocycles. The van der Waals surface area contributed by atoms with Crippen molar-refractivity contribution < 1.29 is 14.3 Å². The summed E-state index contributed by atoms with van der Waals surface area (Å²) in [5, 5.41) is 1.31. The van der Waals surface area contributed by atoms with Gasteiger partial charge in [0.25, 0.3) is 0 Å². The molecule has 0 saturated heterocycles. The molecule has 164 valence electrons. The van der Waals surface area contributed by atoms with Gasteiger partial charge in [-0.05, 0) is 37.4 Å². The summed E-state index contributed by atoms with van der Waals surface area (Å²) < 4.78 is 10.8. The van der Waals surface area contributed by atoms with E-state index in [9.17, 15) is 4.79 Å². The number of hydrogen-bond donors (Lipinski definition) is 1. The highest BCUT2D eigenvalue weighted by Crippen LogP contribution is 2.30. The molecule has 0 aliphatic heterocycles. The molecule has 0 unspecified atom stereocenters. The normalized spacial score (nSPS) is 12.1. The minimum atomic E-state index is -0.474. The van der Waals surface area contributed by atoms with Gasteiger partial charge in [0, 0.05) is 53.3 Å². The van der Waals surface area contributed by atoms with Crippen LogP contribution >= 0.6 is 11.6 Å². The highest BCUT2D eigenvalue weighted by Gasteiger charge is 2.14. The van der Waals surface area contributed by atoms with Crippen molar-refractivity contribution in [3.05, 3.63) is 82.4 Å². The third kappa shape index (κ3) is 5.12. The average Bonchev–Trinajstić information content (AvgIpc) is 2.80. The van der Waals surface area contributed by atoms with E-state index in [4.69, 9.17) is 22.1 Å². The highest BCUT2D eigenvalue weighted by atomic mass is 35.5. The van der Waals surface area contributed by atoms with Crippen LogP contribution in [0.3, 0.4) is 0 Å². The van der Waals surface area contributed by atoms with Crippen molar-refractivity contribution in [2.24, 2.45) is 10.7 Å². The molecule has 3 aromatic rings. The fourth-order valence-corrected chi connectivity index (χ4v) is 3.42. The second-order valence-electron chi connectivity index (χ2n) is 6.77. The van der Waals surface area contributed by atoms with Crippen LogP contribution in [0.2, 0.25) is 5.02 Å². The summed E-state index contributed by atoms with van der Waals surface area (Å²) >= 11 is 6.37. The van der Waals surface area contributed by atoms with Crippen molar-refractivity contribution in [2.45, 2.75) is 13.5 Å². The monoisotopic (exact) mass is 450 g/mol. The Hall–Kier alpha value is -3.71. The summed E-state index contributed by atoms with van der Waals surface area (Å²) in [5.74, 6) is 0.119. The molecule has 0 fully saturated rings. The Morgan fingerprint density at radius 3 is 2.81 bits per heavy atom. The van der Waals surface area contributed by atoms with E-state index in [0.717, 1.165) is 22.4 Å². The predicted molar refractivity (Wildman–Crippen MR) is 127 cm³/mol. The lowest BCUT2D eigenvalue weighted by atomic mass is 10.0. The molecule has 1 aromatic carbocycles. The predicted octanol–water partition coefficient (Wildman–Crippen LogP) is 4.25. The van der Waals surface area contributed by atoms with Crippen molar-refractivity contribution in [2.75, 3.05) is 14.2 Å². The Morgan fingerprint density at radius 1 is 1.28 bits per heavy atom. The molecular weight excluding hydrogens is 428 g/mol. The van der Waals surface area contributed by atoms with Crippen LogP contribution in [0.1, 0.15) is 22.4 Å². The summed E-state index contributed by atoms with van der Waals surface area (Å²) in [6.07, 6.45) is 9.25. The molecule has 0 atom stereocenters. The molecule has 2 aromatic heterocycles. The van der Waals surface area contributed by atoms with Crippen molar-refractivity contribution >= 4 is 40.3 Å². The quantitative estimate of drug-likeness (QED) is 0.328. The maximum Gasteiger partial charge on any atom is 0.330 e. The van der Waals surface area contributed by atoms with Gasteiger partial charge in [-0.3, -0.25) is 9.98 Å². The number of methoxy groups -OCH3 is 1. The maximum atomic E-state index is 11.5. The SMILES string of the molecule is CN=C(/C=C\N)c1cc(C)nc2c(OCc3c(Cl)cncc3/C=C/C(=O)OC)cccc12. The Labute approximate surface area is 191 Å². The maximum absolute atomic E-state index is 11.5. The van der Waals surface area contributed by atoms with Gasteiger partial charge in [0.1, 0.15) is 17.9 Å². The number of nitrogens with two attached hydrogens (primary N) is 1. The number of aromatic nitrogens is 2. The van der Waals surface area contributed by atoms with E-state index in [1.54, 1.807) is 25.4 Å². The molecule has 2 N–H and O–H groups in total. The first-order chi connectivity index (χ1) is 15.5. The molecule has 0 spiro atoms. The Bertz CT molecular complexity index is 1240. The fourth-order valence-electron chi connectivity index (χ4n) is 3.20. The first-order valence-corrected chi connectivity index (χ1v) is 10.1. The summed E-state index contributed by atoms with van der Waals surface area (Å²) in [4.78, 5) is 24.6. The third-order valence-electron chi connectivity index (χ3n) is 4.71. The van der Waals surface area contributed by atoms with E-state index >= 15 is 0 Å². The first kappa shape index (κ1) is 23.0. The van der Waals surface area contributed by atoms with Crippen LogP contribution in [-0.2, 0) is 16.1 Å². The summed E-state index contributed by atoms with van der Waals surface area (Å²) in [6, 6.07) is 7.66. The Kier molecular flexibility index (Phi) is 7.57. The summed E-state index contributed by atoms with van der Waals surface area (Å²) in [5.41, 5.74) is 10.1. The molecule has 0 aliphatic rings. The van der Waals surface area contributed by atoms with Crippen molar-refractivity contribution in [3.8, 4) is 5.75 Å². The van der Waals surface area contributed by atoms with Gasteiger partial charge in [0.2, 0.25) is 0 Å². The topological polar surface area (TPSA) is 99.7 Å². The van der Waals surface area contributed by atoms with Crippen molar-refractivity contribution in [3.63, 3.8) is 0 Å². The van der Waals surface area contributed by atoms with E-state index in [2.05, 4.69) is 19.7 Å². The number of carbonyl (C=O) groups excluding carboxylic acids is 1. The van der Waals surface area contributed by atoms with Gasteiger partial charge in [-0.15, -0.1) is 0 Å². The number of allylic oxidation sites excluding steroid dienone is 1. The molecule has 3 rings (SSSR count). The number of ether oxygens (including phenoxy) is 2. The lowest BCUT2D eigenvalue weighted by Gasteiger charge is -2.14. The molecule has 0 amide bonds. The van der Waals surface area contributed by atoms with Crippen LogP contribution in [0.25, 0.3) is 17.0 Å². The smallest absolute Gasteiger partial charge is 0.330 e. The molecule has 0 radical (unpaired) electrons. The standard InChI is InChI=1S/C24H23ClN4O3/c1-15-11-18(21(27-2)9-10-26)17-5-4-6-22(24(17)29-15)32-14-19-16(7-8-23(30)31-3)12-28-13-20(19)25/h4-13H,14,26H2,1-3H3/b8-7+,10-9-,27-21?. The molecule has 8 heteroatoms. The number of nitrogens with zero attached hydrogens (tertiary/aromatic N) is 3. The van der Waals surface area contributed by atoms with Gasteiger partial charge in [0.15, 0.2) is 0 Å². The number of aryl methyl sites for hydroxylation is 1. The minimum Gasteiger partial charge on any atom is -0.487 e. The molecule has 2 heterocycles. The van der Waals surface area contributed by atoms with Crippen LogP contribution in [0.5, 0.6) is 5.75 Å². The van der Waals surface area contributed by atoms with Crippen LogP contribution in [0.4, 0.5) is 0 Å². The fraction of sp³-hybridized carbons (Fsp3) is 0.167. The highest BCUT2D eigenvalue weighted by molar-refractivity contribution is 6.31. The van der Waals surface area contributed by atoms with Gasteiger partial charge in [-0.1, -0.05) is 23.7 Å². The molecule has 0 saturated carbocycles. The number of halogens is 1. The molecule has 32 heavy (non-hydrogen) atoms. The van der Waals surface area contributed by atoms with Gasteiger partial charge >= 0.3 is 5.97 Å². The van der Waals surface area contributed by atoms with E-state index in [0.29, 0.717) is 27.4 Å². The Morgan fingerprint density at radius 2 is 2.09 bits per heavy atom. The third-order valence-corrected chi connectivity index (χ3v) is 5.04. The number of esters is 1. The summed E-state index contributed by atoms with van der Waals surface area (Å²) in [7, 11) is 3.03. The van der Waals surface area contributed by atoms with Gasteiger partial charge < -0.3 is 15.2 Å². The second-order valence-corrected chi connectivity index (χ2v) is 7.17.